The van der Waals surface area contributed by atoms with Gasteiger partial charge in [0.2, 0.25) is 0 Å². The smallest absolute Gasteiger partial charge is 0.383 e. The Balaban J connectivity index is 1.62. The molecular formula is C16H17F5O3. The summed E-state index contributed by atoms with van der Waals surface area (Å²) >= 11 is 0. The highest BCUT2D eigenvalue weighted by molar-refractivity contribution is 5.29. The van der Waals surface area contributed by atoms with E-state index < -0.39 is 41.9 Å². The lowest BCUT2D eigenvalue weighted by atomic mass is 9.59. The first kappa shape index (κ1) is 15.5. The van der Waals surface area contributed by atoms with Crippen LogP contribution in [-0.4, -0.2) is 40.3 Å². The lowest BCUT2D eigenvalue weighted by molar-refractivity contribution is -0.486. The van der Waals surface area contributed by atoms with Crippen molar-refractivity contribution in [1.29, 1.82) is 0 Å². The number of fused-ring (bicyclic) bond motifs is 12. The molecule has 1 aliphatic heterocycles. The van der Waals surface area contributed by atoms with Crippen LogP contribution < -0.4 is 0 Å². The van der Waals surface area contributed by atoms with Crippen LogP contribution in [0.25, 0.3) is 0 Å². The highest BCUT2D eigenvalue weighted by Gasteiger charge is 2.87. The summed E-state index contributed by atoms with van der Waals surface area (Å²) in [5.74, 6) is -11.5. The van der Waals surface area contributed by atoms with E-state index in [2.05, 4.69) is 10.8 Å². The van der Waals surface area contributed by atoms with Gasteiger partial charge in [-0.05, 0) is 48.3 Å². The maximum atomic E-state index is 14.9. The quantitative estimate of drug-likeness (QED) is 0.400. The molecule has 9 unspecified atom stereocenters. The normalized spacial score (nSPS) is 59.7. The second kappa shape index (κ2) is 3.99. The third-order valence-electron chi connectivity index (χ3n) is 7.50. The summed E-state index contributed by atoms with van der Waals surface area (Å²) in [7, 11) is 0. The van der Waals surface area contributed by atoms with E-state index in [1.165, 1.54) is 0 Å². The Labute approximate surface area is 134 Å². The second-order valence-electron chi connectivity index (χ2n) is 8.07. The SMILES string of the molecule is OC12C(COC(O)(C(F)(F)F)C1(F)F)C1CC2C2C3C=CC(C3)C12. The van der Waals surface area contributed by atoms with E-state index in [-0.39, 0.29) is 36.0 Å². The Bertz CT molecular complexity index is 634. The molecule has 5 rings (SSSR count). The fourth-order valence-electron chi connectivity index (χ4n) is 6.73. The predicted octanol–water partition coefficient (Wildman–Crippen LogP) is 2.34. The first-order chi connectivity index (χ1) is 11.0. The number of allylic oxidation sites excluding steroid dienone is 2. The van der Waals surface area contributed by atoms with Crippen molar-refractivity contribution < 1.29 is 36.9 Å². The Morgan fingerprint density at radius 2 is 1.58 bits per heavy atom. The van der Waals surface area contributed by atoms with Crippen LogP contribution >= 0.6 is 0 Å². The summed E-state index contributed by atoms with van der Waals surface area (Å²) < 4.78 is 73.5. The van der Waals surface area contributed by atoms with Crippen molar-refractivity contribution in [1.82, 2.24) is 0 Å². The topological polar surface area (TPSA) is 49.7 Å². The molecule has 1 heterocycles. The number of hydrogen-bond donors (Lipinski definition) is 2. The van der Waals surface area contributed by atoms with Gasteiger partial charge in [-0.2, -0.15) is 22.0 Å². The molecule has 24 heavy (non-hydrogen) atoms. The van der Waals surface area contributed by atoms with E-state index in [0.717, 1.165) is 6.42 Å². The molecule has 0 spiro atoms. The first-order valence-corrected chi connectivity index (χ1v) is 8.25. The van der Waals surface area contributed by atoms with Gasteiger partial charge in [0.15, 0.2) is 0 Å². The lowest BCUT2D eigenvalue weighted by Crippen LogP contribution is -2.78. The lowest BCUT2D eigenvalue weighted by Gasteiger charge is -2.57. The minimum absolute atomic E-state index is 0.0394. The van der Waals surface area contributed by atoms with Gasteiger partial charge in [-0.15, -0.1) is 0 Å². The van der Waals surface area contributed by atoms with Gasteiger partial charge in [0, 0.05) is 5.92 Å². The van der Waals surface area contributed by atoms with Gasteiger partial charge in [0.25, 0.3) is 0 Å². The number of rotatable bonds is 0. The monoisotopic (exact) mass is 352 g/mol. The number of halogens is 5. The molecule has 0 aromatic rings. The largest absolute Gasteiger partial charge is 0.449 e. The summed E-state index contributed by atoms with van der Waals surface area (Å²) in [5.41, 5.74) is -2.88. The van der Waals surface area contributed by atoms with Crippen molar-refractivity contribution in [3.05, 3.63) is 12.2 Å². The van der Waals surface area contributed by atoms with Gasteiger partial charge in [-0.3, -0.25) is 0 Å². The number of hydrogen-bond acceptors (Lipinski definition) is 3. The van der Waals surface area contributed by atoms with Crippen LogP contribution in [0, 0.1) is 41.4 Å². The van der Waals surface area contributed by atoms with Gasteiger partial charge in [0.05, 0.1) is 6.61 Å². The van der Waals surface area contributed by atoms with E-state index in [9.17, 15) is 32.2 Å². The first-order valence-electron chi connectivity index (χ1n) is 8.25. The maximum Gasteiger partial charge on any atom is 0.449 e. The molecule has 9 atom stereocenters. The van der Waals surface area contributed by atoms with E-state index in [1.807, 2.05) is 6.08 Å². The molecule has 8 heteroatoms. The zero-order valence-corrected chi connectivity index (χ0v) is 12.5. The molecule has 3 saturated carbocycles. The third kappa shape index (κ3) is 1.32. The molecule has 1 saturated heterocycles. The predicted molar refractivity (Wildman–Crippen MR) is 69.7 cm³/mol. The summed E-state index contributed by atoms with van der Waals surface area (Å²) in [4.78, 5) is 0. The Kier molecular flexibility index (Phi) is 2.58. The molecule has 4 fully saturated rings. The van der Waals surface area contributed by atoms with Crippen LogP contribution in [0.1, 0.15) is 12.8 Å². The Morgan fingerprint density at radius 3 is 2.21 bits per heavy atom. The van der Waals surface area contributed by atoms with Crippen molar-refractivity contribution in [2.45, 2.75) is 36.3 Å². The molecular weight excluding hydrogens is 335 g/mol. The molecule has 4 bridgehead atoms. The minimum Gasteiger partial charge on any atom is -0.383 e. The summed E-state index contributed by atoms with van der Waals surface area (Å²) in [6.07, 6.45) is -0.579. The van der Waals surface area contributed by atoms with Crippen molar-refractivity contribution in [2.75, 3.05) is 6.61 Å². The third-order valence-corrected chi connectivity index (χ3v) is 7.50. The average molecular weight is 352 g/mol. The molecule has 2 N–H and O–H groups in total. The van der Waals surface area contributed by atoms with Crippen LogP contribution in [0.5, 0.6) is 0 Å². The van der Waals surface area contributed by atoms with Crippen LogP contribution in [0.15, 0.2) is 12.2 Å². The number of ether oxygens (including phenoxy) is 1. The Hall–Kier alpha value is -0.730. The molecule has 5 aliphatic rings. The van der Waals surface area contributed by atoms with Crippen LogP contribution in [0.3, 0.4) is 0 Å². The highest BCUT2D eigenvalue weighted by Crippen LogP contribution is 2.74. The van der Waals surface area contributed by atoms with Crippen molar-refractivity contribution >= 4 is 0 Å². The van der Waals surface area contributed by atoms with Crippen molar-refractivity contribution in [2.24, 2.45) is 41.4 Å². The molecule has 4 aliphatic carbocycles. The number of alkyl halides is 5. The van der Waals surface area contributed by atoms with Gasteiger partial charge in [0.1, 0.15) is 5.60 Å². The van der Waals surface area contributed by atoms with Crippen LogP contribution in [0.2, 0.25) is 0 Å². The summed E-state index contributed by atoms with van der Waals surface area (Å²) in [6, 6.07) is 0. The molecule has 134 valence electrons. The van der Waals surface area contributed by atoms with Gasteiger partial charge in [-0.25, -0.2) is 0 Å². The van der Waals surface area contributed by atoms with Gasteiger partial charge < -0.3 is 14.9 Å². The molecule has 0 aromatic carbocycles. The van der Waals surface area contributed by atoms with Gasteiger partial charge in [-0.1, -0.05) is 12.2 Å². The standard InChI is InChI=1S/C16H17F5O3/c17-14(18)13(22)9-4-8(11-6-1-2-7(3-6)12(9)11)10(13)5-24-15(14,23)16(19,20)21/h1-2,6-12,22-23H,3-5H2. The van der Waals surface area contributed by atoms with Crippen LogP contribution in [0.4, 0.5) is 22.0 Å². The molecule has 0 radical (unpaired) electrons. The minimum atomic E-state index is -5.69. The zero-order valence-electron chi connectivity index (χ0n) is 12.5. The van der Waals surface area contributed by atoms with Crippen molar-refractivity contribution in [3.63, 3.8) is 0 Å². The summed E-state index contributed by atoms with van der Waals surface area (Å²) in [6.45, 7) is -0.701. The fraction of sp³-hybridized carbons (Fsp3) is 0.875. The molecule has 0 aromatic heterocycles. The molecule has 3 nitrogen and oxygen atoms in total. The van der Waals surface area contributed by atoms with E-state index in [4.69, 9.17) is 0 Å². The number of aliphatic hydroxyl groups is 2. The highest BCUT2D eigenvalue weighted by atomic mass is 19.4. The second-order valence-corrected chi connectivity index (χ2v) is 8.07. The van der Waals surface area contributed by atoms with E-state index >= 15 is 0 Å². The Morgan fingerprint density at radius 1 is 0.958 bits per heavy atom. The van der Waals surface area contributed by atoms with E-state index in [0.29, 0.717) is 0 Å². The molecule has 0 amide bonds. The fourth-order valence-corrected chi connectivity index (χ4v) is 6.73. The average Bonchev–Trinajstić information content (AvgIpc) is 3.20. The van der Waals surface area contributed by atoms with Gasteiger partial charge >= 0.3 is 17.9 Å². The maximum absolute atomic E-state index is 14.9. The van der Waals surface area contributed by atoms with Crippen molar-refractivity contribution in [3.8, 4) is 0 Å². The zero-order chi connectivity index (χ0) is 17.3. The van der Waals surface area contributed by atoms with Crippen LogP contribution in [-0.2, 0) is 4.74 Å². The summed E-state index contributed by atoms with van der Waals surface area (Å²) in [5, 5.41) is 20.6. The van der Waals surface area contributed by atoms with E-state index in [1.54, 1.807) is 0 Å².